The average Bonchev–Trinajstić information content (AvgIpc) is 2.55. The van der Waals surface area contributed by atoms with Gasteiger partial charge < -0.3 is 5.32 Å². The number of anilines is 2. The van der Waals surface area contributed by atoms with Crippen molar-refractivity contribution in [1.82, 2.24) is 9.97 Å². The molecule has 0 atom stereocenters. The quantitative estimate of drug-likeness (QED) is 0.755. The number of rotatable bonds is 4. The number of hydrogen-bond acceptors (Lipinski definition) is 3. The van der Waals surface area contributed by atoms with Crippen LogP contribution in [0.15, 0.2) is 65.5 Å². The van der Waals surface area contributed by atoms with Gasteiger partial charge in [0.15, 0.2) is 0 Å². The summed E-state index contributed by atoms with van der Waals surface area (Å²) in [5, 5.41) is 3.15. The maximum absolute atomic E-state index is 11.9. The monoisotopic (exact) mass is 305 g/mol. The number of nitrogens with one attached hydrogen (secondary N) is 2. The van der Waals surface area contributed by atoms with Crippen LogP contribution in [-0.2, 0) is 0 Å². The zero-order chi connectivity index (χ0) is 16.2. The zero-order valence-electron chi connectivity index (χ0n) is 13.2. The zero-order valence-corrected chi connectivity index (χ0v) is 13.2. The normalized spacial score (nSPS) is 10.7. The second kappa shape index (κ2) is 6.48. The highest BCUT2D eigenvalue weighted by atomic mass is 16.1. The van der Waals surface area contributed by atoms with E-state index < -0.39 is 0 Å². The van der Waals surface area contributed by atoms with Crippen molar-refractivity contribution in [1.29, 1.82) is 0 Å². The van der Waals surface area contributed by atoms with Gasteiger partial charge in [-0.15, -0.1) is 0 Å². The van der Waals surface area contributed by atoms with Gasteiger partial charge in [-0.05, 0) is 23.6 Å². The van der Waals surface area contributed by atoms with Crippen molar-refractivity contribution in [3.05, 3.63) is 76.6 Å². The first-order chi connectivity index (χ1) is 11.1. The predicted octanol–water partition coefficient (Wildman–Crippen LogP) is 4.30. The minimum atomic E-state index is -0.180. The van der Waals surface area contributed by atoms with Gasteiger partial charge >= 0.3 is 0 Å². The molecule has 0 aliphatic rings. The van der Waals surface area contributed by atoms with Crippen LogP contribution in [0.1, 0.15) is 25.3 Å². The topological polar surface area (TPSA) is 57.8 Å². The van der Waals surface area contributed by atoms with Gasteiger partial charge in [0, 0.05) is 17.3 Å². The Morgan fingerprint density at radius 2 is 1.70 bits per heavy atom. The molecule has 0 radical (unpaired) electrons. The second-order valence-electron chi connectivity index (χ2n) is 5.75. The van der Waals surface area contributed by atoms with Crippen molar-refractivity contribution in [2.75, 3.05) is 5.32 Å². The number of aromatic nitrogens is 2. The summed E-state index contributed by atoms with van der Waals surface area (Å²) in [6, 6.07) is 19.3. The van der Waals surface area contributed by atoms with Crippen LogP contribution in [0.5, 0.6) is 0 Å². The second-order valence-corrected chi connectivity index (χ2v) is 5.75. The summed E-state index contributed by atoms with van der Waals surface area (Å²) in [5.74, 6) is 0.928. The Morgan fingerprint density at radius 3 is 2.35 bits per heavy atom. The van der Waals surface area contributed by atoms with Gasteiger partial charge in [0.25, 0.3) is 5.56 Å². The smallest absolute Gasteiger partial charge is 0.252 e. The Hall–Kier alpha value is -2.88. The molecule has 1 aromatic heterocycles. The minimum absolute atomic E-state index is 0.180. The molecule has 0 saturated carbocycles. The van der Waals surface area contributed by atoms with Crippen LogP contribution in [0.3, 0.4) is 0 Å². The lowest BCUT2D eigenvalue weighted by Crippen LogP contribution is -2.10. The van der Waals surface area contributed by atoms with Crippen molar-refractivity contribution in [2.45, 2.75) is 19.8 Å². The lowest BCUT2D eigenvalue weighted by Gasteiger charge is -2.09. The predicted molar refractivity (Wildman–Crippen MR) is 94.1 cm³/mol. The Morgan fingerprint density at radius 1 is 1.00 bits per heavy atom. The van der Waals surface area contributed by atoms with Crippen molar-refractivity contribution >= 4 is 11.6 Å². The molecule has 2 N–H and O–H groups in total. The molecule has 3 aromatic rings. The van der Waals surface area contributed by atoms with Crippen LogP contribution >= 0.6 is 0 Å². The molecule has 1 heterocycles. The van der Waals surface area contributed by atoms with E-state index in [4.69, 9.17) is 0 Å². The first-order valence-electron chi connectivity index (χ1n) is 7.65. The van der Waals surface area contributed by atoms with E-state index in [0.717, 1.165) is 11.3 Å². The third-order valence-electron chi connectivity index (χ3n) is 3.65. The van der Waals surface area contributed by atoms with Gasteiger partial charge in [0.1, 0.15) is 0 Å². The number of H-pyrrole nitrogens is 1. The average molecular weight is 305 g/mol. The molecule has 23 heavy (non-hydrogen) atoms. The summed E-state index contributed by atoms with van der Waals surface area (Å²) < 4.78 is 0. The molecule has 0 amide bonds. The molecule has 4 nitrogen and oxygen atoms in total. The maximum Gasteiger partial charge on any atom is 0.252 e. The Balaban J connectivity index is 1.88. The molecular formula is C19H19N3O. The van der Waals surface area contributed by atoms with Gasteiger partial charge in [-0.3, -0.25) is 9.78 Å². The Kier molecular flexibility index (Phi) is 4.24. The van der Waals surface area contributed by atoms with E-state index in [0.29, 0.717) is 17.6 Å². The summed E-state index contributed by atoms with van der Waals surface area (Å²) >= 11 is 0. The van der Waals surface area contributed by atoms with Crippen LogP contribution in [0.4, 0.5) is 11.6 Å². The molecule has 0 saturated heterocycles. The van der Waals surface area contributed by atoms with E-state index in [2.05, 4.69) is 41.3 Å². The molecule has 0 spiro atoms. The number of hydrogen-bond donors (Lipinski definition) is 2. The van der Waals surface area contributed by atoms with Crippen LogP contribution < -0.4 is 10.9 Å². The van der Waals surface area contributed by atoms with E-state index in [1.807, 2.05) is 42.5 Å². The highest BCUT2D eigenvalue weighted by molar-refractivity contribution is 5.61. The van der Waals surface area contributed by atoms with E-state index in [9.17, 15) is 4.79 Å². The first kappa shape index (κ1) is 15.0. The Labute approximate surface area is 135 Å². The fourth-order valence-corrected chi connectivity index (χ4v) is 2.36. The molecule has 0 aliphatic heterocycles. The van der Waals surface area contributed by atoms with Crippen LogP contribution in [-0.4, -0.2) is 9.97 Å². The largest absolute Gasteiger partial charge is 0.326 e. The summed E-state index contributed by atoms with van der Waals surface area (Å²) in [6.07, 6.45) is 0. The molecule has 0 fully saturated rings. The summed E-state index contributed by atoms with van der Waals surface area (Å²) in [6.45, 7) is 4.32. The van der Waals surface area contributed by atoms with Crippen LogP contribution in [0.2, 0.25) is 0 Å². The molecule has 0 aliphatic carbocycles. The van der Waals surface area contributed by atoms with E-state index in [1.54, 1.807) is 0 Å². The number of aromatic amines is 1. The first-order valence-corrected chi connectivity index (χ1v) is 7.65. The summed E-state index contributed by atoms with van der Waals surface area (Å²) in [7, 11) is 0. The van der Waals surface area contributed by atoms with Crippen LogP contribution in [0, 0.1) is 0 Å². The van der Waals surface area contributed by atoms with E-state index in [1.165, 1.54) is 11.6 Å². The molecular weight excluding hydrogens is 286 g/mol. The summed E-state index contributed by atoms with van der Waals surface area (Å²) in [4.78, 5) is 19.1. The number of nitrogens with zero attached hydrogens (tertiary/aromatic N) is 1. The van der Waals surface area contributed by atoms with Crippen molar-refractivity contribution in [3.63, 3.8) is 0 Å². The fourth-order valence-electron chi connectivity index (χ4n) is 2.36. The van der Waals surface area contributed by atoms with E-state index >= 15 is 0 Å². The van der Waals surface area contributed by atoms with Crippen LogP contribution in [0.25, 0.3) is 11.3 Å². The van der Waals surface area contributed by atoms with Gasteiger partial charge in [-0.1, -0.05) is 56.3 Å². The van der Waals surface area contributed by atoms with Gasteiger partial charge in [0.2, 0.25) is 5.95 Å². The Bertz CT molecular complexity index is 836. The van der Waals surface area contributed by atoms with Gasteiger partial charge in [0.05, 0.1) is 5.69 Å². The summed E-state index contributed by atoms with van der Waals surface area (Å²) in [5.41, 5.74) is 3.55. The van der Waals surface area contributed by atoms with E-state index in [-0.39, 0.29) is 5.56 Å². The maximum atomic E-state index is 11.9. The van der Waals surface area contributed by atoms with Crippen molar-refractivity contribution < 1.29 is 0 Å². The highest BCUT2D eigenvalue weighted by Crippen LogP contribution is 2.20. The van der Waals surface area contributed by atoms with Gasteiger partial charge in [-0.2, -0.15) is 0 Å². The standard InChI is InChI=1S/C19H19N3O/c1-13(2)14-8-10-16(11-9-14)20-19-21-17(12-18(23)22-19)15-6-4-3-5-7-15/h3-13H,1-2H3,(H2,20,21,22,23). The fraction of sp³-hybridized carbons (Fsp3) is 0.158. The van der Waals surface area contributed by atoms with Gasteiger partial charge in [-0.25, -0.2) is 4.98 Å². The molecule has 116 valence electrons. The molecule has 0 unspecified atom stereocenters. The highest BCUT2D eigenvalue weighted by Gasteiger charge is 2.05. The lowest BCUT2D eigenvalue weighted by atomic mass is 10.0. The van der Waals surface area contributed by atoms with Crippen molar-refractivity contribution in [2.24, 2.45) is 0 Å². The molecule has 4 heteroatoms. The third-order valence-corrected chi connectivity index (χ3v) is 3.65. The number of benzene rings is 2. The molecule has 3 rings (SSSR count). The minimum Gasteiger partial charge on any atom is -0.326 e. The molecule has 2 aromatic carbocycles. The molecule has 0 bridgehead atoms. The van der Waals surface area contributed by atoms with Crippen molar-refractivity contribution in [3.8, 4) is 11.3 Å². The lowest BCUT2D eigenvalue weighted by molar-refractivity contribution is 0.867. The third kappa shape index (κ3) is 3.66. The SMILES string of the molecule is CC(C)c1ccc(Nc2nc(-c3ccccc3)cc(=O)[nH]2)cc1.